The molecule has 0 radical (unpaired) electrons. The van der Waals surface area contributed by atoms with Gasteiger partial charge in [0.25, 0.3) is 0 Å². The number of halogens is 4. The SMILES string of the molecule is CNC(CCN(C)CC(F)(F)F)c1ccc(F)cn1. The van der Waals surface area contributed by atoms with Crippen molar-refractivity contribution in [3.05, 3.63) is 29.8 Å². The first kappa shape index (κ1) is 15.8. The van der Waals surface area contributed by atoms with Crippen molar-refractivity contribution >= 4 is 0 Å². The van der Waals surface area contributed by atoms with Gasteiger partial charge in [0.05, 0.1) is 24.5 Å². The molecule has 1 unspecified atom stereocenters. The molecular weight excluding hydrogens is 262 g/mol. The number of alkyl halides is 3. The quantitative estimate of drug-likeness (QED) is 0.810. The fourth-order valence-corrected chi connectivity index (χ4v) is 1.77. The van der Waals surface area contributed by atoms with E-state index in [4.69, 9.17) is 0 Å². The van der Waals surface area contributed by atoms with Gasteiger partial charge in [0.15, 0.2) is 0 Å². The molecule has 0 saturated carbocycles. The van der Waals surface area contributed by atoms with Crippen LogP contribution >= 0.6 is 0 Å². The van der Waals surface area contributed by atoms with Gasteiger partial charge in [-0.3, -0.25) is 9.88 Å². The third kappa shape index (κ3) is 5.98. The highest BCUT2D eigenvalue weighted by Crippen LogP contribution is 2.18. The van der Waals surface area contributed by atoms with Crippen LogP contribution in [0.25, 0.3) is 0 Å². The van der Waals surface area contributed by atoms with Crippen LogP contribution in [0.4, 0.5) is 17.6 Å². The smallest absolute Gasteiger partial charge is 0.312 e. The second kappa shape index (κ2) is 6.81. The lowest BCUT2D eigenvalue weighted by atomic mass is 10.1. The maximum atomic E-state index is 12.7. The van der Waals surface area contributed by atoms with E-state index in [1.807, 2.05) is 0 Å². The largest absolute Gasteiger partial charge is 0.401 e. The molecule has 3 nitrogen and oxygen atoms in total. The molecule has 0 saturated heterocycles. The van der Waals surface area contributed by atoms with Crippen molar-refractivity contribution < 1.29 is 17.6 Å². The molecule has 1 atom stereocenters. The molecular formula is C12H17F4N3. The van der Waals surface area contributed by atoms with Crippen molar-refractivity contribution in [1.82, 2.24) is 15.2 Å². The fourth-order valence-electron chi connectivity index (χ4n) is 1.77. The minimum absolute atomic E-state index is 0.198. The Kier molecular flexibility index (Phi) is 5.68. The highest BCUT2D eigenvalue weighted by molar-refractivity contribution is 5.09. The monoisotopic (exact) mass is 279 g/mol. The van der Waals surface area contributed by atoms with E-state index in [2.05, 4.69) is 10.3 Å². The average Bonchev–Trinajstić information content (AvgIpc) is 2.29. The lowest BCUT2D eigenvalue weighted by Crippen LogP contribution is -2.33. The maximum Gasteiger partial charge on any atom is 0.401 e. The summed E-state index contributed by atoms with van der Waals surface area (Å²) in [6, 6.07) is 2.61. The Hall–Kier alpha value is -1.21. The van der Waals surface area contributed by atoms with Crippen LogP contribution < -0.4 is 5.32 Å². The van der Waals surface area contributed by atoms with Gasteiger partial charge in [0.2, 0.25) is 0 Å². The molecule has 0 amide bonds. The average molecular weight is 279 g/mol. The molecule has 0 aliphatic carbocycles. The summed E-state index contributed by atoms with van der Waals surface area (Å²) in [7, 11) is 3.11. The first-order valence-corrected chi connectivity index (χ1v) is 5.86. The van der Waals surface area contributed by atoms with Crippen molar-refractivity contribution in [2.24, 2.45) is 0 Å². The van der Waals surface area contributed by atoms with Gasteiger partial charge in [-0.1, -0.05) is 0 Å². The van der Waals surface area contributed by atoms with Gasteiger partial charge in [-0.2, -0.15) is 13.2 Å². The molecule has 0 aliphatic rings. The molecule has 0 aliphatic heterocycles. The third-order valence-electron chi connectivity index (χ3n) is 2.70. The Balaban J connectivity index is 2.51. The molecule has 1 heterocycles. The summed E-state index contributed by atoms with van der Waals surface area (Å²) in [5.74, 6) is -0.437. The summed E-state index contributed by atoms with van der Waals surface area (Å²) in [4.78, 5) is 5.13. The first-order chi connectivity index (χ1) is 8.81. The van der Waals surface area contributed by atoms with Crippen LogP contribution in [0.2, 0.25) is 0 Å². The molecule has 0 fully saturated rings. The Morgan fingerprint density at radius 1 is 1.37 bits per heavy atom. The molecule has 0 spiro atoms. The summed E-state index contributed by atoms with van der Waals surface area (Å²) in [6.45, 7) is -0.676. The molecule has 0 aromatic carbocycles. The van der Waals surface area contributed by atoms with Crippen LogP contribution in [0.1, 0.15) is 18.2 Å². The summed E-state index contributed by atoms with van der Waals surface area (Å²) in [5.41, 5.74) is 0.615. The second-order valence-corrected chi connectivity index (χ2v) is 4.38. The predicted octanol–water partition coefficient (Wildman–Crippen LogP) is 2.37. The summed E-state index contributed by atoms with van der Waals surface area (Å²) in [6.07, 6.45) is -2.64. The fraction of sp³-hybridized carbons (Fsp3) is 0.583. The lowest BCUT2D eigenvalue weighted by molar-refractivity contribution is -0.143. The summed E-state index contributed by atoms with van der Waals surface area (Å²) in [5, 5.41) is 2.96. The summed E-state index contributed by atoms with van der Waals surface area (Å²) >= 11 is 0. The molecule has 108 valence electrons. The van der Waals surface area contributed by atoms with E-state index in [1.54, 1.807) is 7.05 Å². The highest BCUT2D eigenvalue weighted by Gasteiger charge is 2.29. The Morgan fingerprint density at radius 2 is 2.05 bits per heavy atom. The van der Waals surface area contributed by atoms with Crippen LogP contribution in [0, 0.1) is 5.82 Å². The zero-order valence-corrected chi connectivity index (χ0v) is 10.8. The van der Waals surface area contributed by atoms with E-state index in [-0.39, 0.29) is 12.6 Å². The first-order valence-electron chi connectivity index (χ1n) is 5.86. The molecule has 1 aromatic rings. The molecule has 19 heavy (non-hydrogen) atoms. The number of rotatable bonds is 6. The molecule has 0 bridgehead atoms. The number of hydrogen-bond acceptors (Lipinski definition) is 3. The number of nitrogens with zero attached hydrogens (tertiary/aromatic N) is 2. The standard InChI is InChI=1S/C12H17F4N3/c1-17-10(11-4-3-9(13)7-18-11)5-6-19(2)8-12(14,15)16/h3-4,7,10,17H,5-6,8H2,1-2H3. The van der Waals surface area contributed by atoms with Gasteiger partial charge >= 0.3 is 6.18 Å². The third-order valence-corrected chi connectivity index (χ3v) is 2.70. The minimum atomic E-state index is -4.20. The van der Waals surface area contributed by atoms with E-state index in [1.165, 1.54) is 24.1 Å². The van der Waals surface area contributed by atoms with Crippen LogP contribution in [0.15, 0.2) is 18.3 Å². The minimum Gasteiger partial charge on any atom is -0.312 e. The van der Waals surface area contributed by atoms with E-state index in [9.17, 15) is 17.6 Å². The van der Waals surface area contributed by atoms with Crippen molar-refractivity contribution in [2.75, 3.05) is 27.2 Å². The maximum absolute atomic E-state index is 12.7. The van der Waals surface area contributed by atoms with Gasteiger partial charge in [-0.25, -0.2) is 4.39 Å². The molecule has 1 rings (SSSR count). The van der Waals surface area contributed by atoms with Crippen LogP contribution in [-0.4, -0.2) is 43.2 Å². The van der Waals surface area contributed by atoms with E-state index in [0.29, 0.717) is 12.1 Å². The topological polar surface area (TPSA) is 28.2 Å². The van der Waals surface area contributed by atoms with Crippen molar-refractivity contribution in [1.29, 1.82) is 0 Å². The van der Waals surface area contributed by atoms with Gasteiger partial charge < -0.3 is 5.32 Å². The second-order valence-electron chi connectivity index (χ2n) is 4.38. The van der Waals surface area contributed by atoms with Gasteiger partial charge in [0, 0.05) is 6.54 Å². The lowest BCUT2D eigenvalue weighted by Gasteiger charge is -2.22. The summed E-state index contributed by atoms with van der Waals surface area (Å²) < 4.78 is 49.2. The van der Waals surface area contributed by atoms with Crippen LogP contribution in [-0.2, 0) is 0 Å². The van der Waals surface area contributed by atoms with Gasteiger partial charge in [-0.15, -0.1) is 0 Å². The van der Waals surface area contributed by atoms with Gasteiger partial charge in [0.1, 0.15) is 5.82 Å². The van der Waals surface area contributed by atoms with Crippen molar-refractivity contribution in [3.63, 3.8) is 0 Å². The Labute approximate surface area is 109 Å². The normalized spacial score (nSPS) is 13.8. The highest BCUT2D eigenvalue weighted by atomic mass is 19.4. The number of nitrogens with one attached hydrogen (secondary N) is 1. The van der Waals surface area contributed by atoms with Crippen LogP contribution in [0.5, 0.6) is 0 Å². The number of hydrogen-bond donors (Lipinski definition) is 1. The Morgan fingerprint density at radius 3 is 2.53 bits per heavy atom. The number of aromatic nitrogens is 1. The van der Waals surface area contributed by atoms with E-state index in [0.717, 1.165) is 6.20 Å². The van der Waals surface area contributed by atoms with Crippen molar-refractivity contribution in [3.8, 4) is 0 Å². The Bertz CT molecular complexity index is 378. The van der Waals surface area contributed by atoms with E-state index >= 15 is 0 Å². The number of pyridine rings is 1. The zero-order valence-electron chi connectivity index (χ0n) is 10.8. The van der Waals surface area contributed by atoms with Crippen LogP contribution in [0.3, 0.4) is 0 Å². The molecule has 1 N–H and O–H groups in total. The zero-order chi connectivity index (χ0) is 14.5. The molecule has 7 heteroatoms. The van der Waals surface area contributed by atoms with Crippen molar-refractivity contribution in [2.45, 2.75) is 18.6 Å². The molecule has 1 aromatic heterocycles. The van der Waals surface area contributed by atoms with Gasteiger partial charge in [-0.05, 0) is 32.6 Å². The van der Waals surface area contributed by atoms with E-state index < -0.39 is 18.5 Å². The predicted molar refractivity (Wildman–Crippen MR) is 64.2 cm³/mol.